The van der Waals surface area contributed by atoms with Gasteiger partial charge in [-0.2, -0.15) is 0 Å². The van der Waals surface area contributed by atoms with E-state index in [4.69, 9.17) is 11.6 Å². The summed E-state index contributed by atoms with van der Waals surface area (Å²) < 4.78 is 0.990. The molecule has 1 nitrogen and oxygen atoms in total. The quantitative estimate of drug-likeness (QED) is 0.739. The summed E-state index contributed by atoms with van der Waals surface area (Å²) in [6, 6.07) is 14.2. The second kappa shape index (κ2) is 5.11. The zero-order chi connectivity index (χ0) is 12.4. The molecule has 17 heavy (non-hydrogen) atoms. The molecule has 0 aromatic heterocycles. The van der Waals surface area contributed by atoms with Crippen LogP contribution < -0.4 is 4.90 Å². The lowest BCUT2D eigenvalue weighted by Gasteiger charge is -2.22. The number of anilines is 2. The summed E-state index contributed by atoms with van der Waals surface area (Å²) in [7, 11) is 2.03. The van der Waals surface area contributed by atoms with Crippen molar-refractivity contribution in [1.29, 1.82) is 0 Å². The third-order valence-electron chi connectivity index (χ3n) is 2.75. The van der Waals surface area contributed by atoms with E-state index in [1.165, 1.54) is 5.56 Å². The van der Waals surface area contributed by atoms with Crippen molar-refractivity contribution < 1.29 is 0 Å². The SMILES string of the molecule is Cc1ccccc1N(C)c1ccc(Br)cc1Cl. The van der Waals surface area contributed by atoms with Crippen LogP contribution in [-0.4, -0.2) is 7.05 Å². The molecule has 88 valence electrons. The van der Waals surface area contributed by atoms with Gasteiger partial charge in [-0.15, -0.1) is 0 Å². The van der Waals surface area contributed by atoms with E-state index in [2.05, 4.69) is 39.9 Å². The fraction of sp³-hybridized carbons (Fsp3) is 0.143. The zero-order valence-corrected chi connectivity index (χ0v) is 12.1. The van der Waals surface area contributed by atoms with Crippen LogP contribution in [-0.2, 0) is 0 Å². The first-order chi connectivity index (χ1) is 8.09. The van der Waals surface area contributed by atoms with E-state index in [1.807, 2.05) is 37.4 Å². The van der Waals surface area contributed by atoms with Crippen LogP contribution >= 0.6 is 27.5 Å². The minimum Gasteiger partial charge on any atom is -0.343 e. The van der Waals surface area contributed by atoms with Crippen molar-refractivity contribution >= 4 is 38.9 Å². The van der Waals surface area contributed by atoms with E-state index < -0.39 is 0 Å². The summed E-state index contributed by atoms with van der Waals surface area (Å²) in [6.45, 7) is 2.10. The van der Waals surface area contributed by atoms with Crippen LogP contribution in [0.25, 0.3) is 0 Å². The van der Waals surface area contributed by atoms with Crippen LogP contribution in [0.3, 0.4) is 0 Å². The van der Waals surface area contributed by atoms with Crippen molar-refractivity contribution in [2.45, 2.75) is 6.92 Å². The first-order valence-electron chi connectivity index (χ1n) is 5.34. The highest BCUT2D eigenvalue weighted by Crippen LogP contribution is 2.33. The number of para-hydroxylation sites is 1. The van der Waals surface area contributed by atoms with Gasteiger partial charge in [0.2, 0.25) is 0 Å². The number of rotatable bonds is 2. The second-order valence-electron chi connectivity index (χ2n) is 3.94. The first-order valence-corrected chi connectivity index (χ1v) is 6.51. The zero-order valence-electron chi connectivity index (χ0n) is 9.74. The fourth-order valence-electron chi connectivity index (χ4n) is 1.82. The Morgan fingerprint density at radius 2 is 1.76 bits per heavy atom. The molecule has 2 aromatic carbocycles. The van der Waals surface area contributed by atoms with Gasteiger partial charge in [-0.05, 0) is 36.8 Å². The number of benzene rings is 2. The van der Waals surface area contributed by atoms with Gasteiger partial charge in [-0.25, -0.2) is 0 Å². The Hall–Kier alpha value is -0.990. The second-order valence-corrected chi connectivity index (χ2v) is 5.26. The normalized spacial score (nSPS) is 10.4. The molecule has 0 unspecified atom stereocenters. The topological polar surface area (TPSA) is 3.24 Å². The van der Waals surface area contributed by atoms with Gasteiger partial charge in [0.25, 0.3) is 0 Å². The molecule has 0 saturated heterocycles. The smallest absolute Gasteiger partial charge is 0.0654 e. The molecule has 0 aliphatic carbocycles. The molecular formula is C14H13BrClN. The largest absolute Gasteiger partial charge is 0.343 e. The maximum atomic E-state index is 6.25. The van der Waals surface area contributed by atoms with E-state index in [0.29, 0.717) is 0 Å². The van der Waals surface area contributed by atoms with Gasteiger partial charge < -0.3 is 4.90 Å². The molecule has 0 fully saturated rings. The molecule has 2 rings (SSSR count). The molecule has 0 N–H and O–H groups in total. The van der Waals surface area contributed by atoms with Crippen LogP contribution in [0.4, 0.5) is 11.4 Å². The summed E-state index contributed by atoms with van der Waals surface area (Å²) in [5.41, 5.74) is 3.40. The highest BCUT2D eigenvalue weighted by Gasteiger charge is 2.09. The summed E-state index contributed by atoms with van der Waals surface area (Å²) in [4.78, 5) is 2.10. The molecule has 0 spiro atoms. The molecular weight excluding hydrogens is 298 g/mol. The van der Waals surface area contributed by atoms with Gasteiger partial charge in [-0.3, -0.25) is 0 Å². The third-order valence-corrected chi connectivity index (χ3v) is 3.54. The van der Waals surface area contributed by atoms with E-state index in [0.717, 1.165) is 20.9 Å². The van der Waals surface area contributed by atoms with Crippen LogP contribution in [0.15, 0.2) is 46.9 Å². The van der Waals surface area contributed by atoms with Crippen LogP contribution in [0.5, 0.6) is 0 Å². The van der Waals surface area contributed by atoms with Gasteiger partial charge in [-0.1, -0.05) is 45.7 Å². The van der Waals surface area contributed by atoms with Crippen molar-refractivity contribution in [2.24, 2.45) is 0 Å². The number of nitrogens with zero attached hydrogens (tertiary/aromatic N) is 1. The Morgan fingerprint density at radius 1 is 1.06 bits per heavy atom. The molecule has 2 aromatic rings. The summed E-state index contributed by atoms with van der Waals surface area (Å²) in [5.74, 6) is 0. The van der Waals surface area contributed by atoms with E-state index in [-0.39, 0.29) is 0 Å². The van der Waals surface area contributed by atoms with E-state index in [1.54, 1.807) is 0 Å². The molecule has 0 saturated carbocycles. The maximum absolute atomic E-state index is 6.25. The van der Waals surface area contributed by atoms with E-state index in [9.17, 15) is 0 Å². The Bertz CT molecular complexity index is 539. The van der Waals surface area contributed by atoms with Crippen molar-refractivity contribution in [1.82, 2.24) is 0 Å². The van der Waals surface area contributed by atoms with Crippen molar-refractivity contribution in [3.8, 4) is 0 Å². The fourth-order valence-corrected chi connectivity index (χ4v) is 2.62. The van der Waals surface area contributed by atoms with Crippen molar-refractivity contribution in [3.05, 3.63) is 57.5 Å². The Balaban J connectivity index is 2.44. The molecule has 0 radical (unpaired) electrons. The minimum atomic E-state index is 0.741. The van der Waals surface area contributed by atoms with Gasteiger partial charge in [0.05, 0.1) is 10.7 Å². The number of hydrogen-bond donors (Lipinski definition) is 0. The number of halogens is 2. The van der Waals surface area contributed by atoms with Gasteiger partial charge in [0.1, 0.15) is 0 Å². The predicted molar refractivity (Wildman–Crippen MR) is 78.4 cm³/mol. The lowest BCUT2D eigenvalue weighted by molar-refractivity contribution is 1.18. The summed E-state index contributed by atoms with van der Waals surface area (Å²) in [6.07, 6.45) is 0. The van der Waals surface area contributed by atoms with Gasteiger partial charge in [0.15, 0.2) is 0 Å². The average Bonchev–Trinajstić information content (AvgIpc) is 2.29. The van der Waals surface area contributed by atoms with Crippen LogP contribution in [0.2, 0.25) is 5.02 Å². The Morgan fingerprint density at radius 3 is 2.41 bits per heavy atom. The molecule has 0 aliphatic heterocycles. The highest BCUT2D eigenvalue weighted by atomic mass is 79.9. The Labute approximate surface area is 115 Å². The Kier molecular flexibility index (Phi) is 3.75. The van der Waals surface area contributed by atoms with Crippen molar-refractivity contribution in [3.63, 3.8) is 0 Å². The molecule has 0 heterocycles. The third kappa shape index (κ3) is 2.64. The molecule has 0 amide bonds. The minimum absolute atomic E-state index is 0.741. The first kappa shape index (κ1) is 12.5. The van der Waals surface area contributed by atoms with Crippen molar-refractivity contribution in [2.75, 3.05) is 11.9 Å². The maximum Gasteiger partial charge on any atom is 0.0654 e. The molecule has 0 atom stereocenters. The standard InChI is InChI=1S/C14H13BrClN/c1-10-5-3-4-6-13(10)17(2)14-8-7-11(15)9-12(14)16/h3-9H,1-2H3. The molecule has 0 bridgehead atoms. The number of hydrogen-bond acceptors (Lipinski definition) is 1. The molecule has 0 aliphatic rings. The number of aryl methyl sites for hydroxylation is 1. The predicted octanol–water partition coefficient (Wildman–Crippen LogP) is 5.18. The monoisotopic (exact) mass is 309 g/mol. The van der Waals surface area contributed by atoms with Crippen LogP contribution in [0.1, 0.15) is 5.56 Å². The lowest BCUT2D eigenvalue weighted by atomic mass is 10.1. The molecule has 3 heteroatoms. The summed E-state index contributed by atoms with van der Waals surface area (Å²) in [5, 5.41) is 0.741. The summed E-state index contributed by atoms with van der Waals surface area (Å²) >= 11 is 9.67. The van der Waals surface area contributed by atoms with Crippen LogP contribution in [0, 0.1) is 6.92 Å². The lowest BCUT2D eigenvalue weighted by Crippen LogP contribution is -2.11. The van der Waals surface area contributed by atoms with Gasteiger partial charge >= 0.3 is 0 Å². The highest BCUT2D eigenvalue weighted by molar-refractivity contribution is 9.10. The van der Waals surface area contributed by atoms with Gasteiger partial charge in [0, 0.05) is 17.2 Å². The van der Waals surface area contributed by atoms with E-state index >= 15 is 0 Å². The average molecular weight is 311 g/mol.